The molecule has 2 aromatic carbocycles. The molecule has 0 spiro atoms. The average molecular weight is 400 g/mol. The number of benzene rings is 2. The number of halogens is 2. The first-order valence-corrected chi connectivity index (χ1v) is 9.03. The third kappa shape index (κ3) is 3.74. The molecule has 0 aliphatic rings. The lowest BCUT2D eigenvalue weighted by atomic mass is 10.2. The Hall–Kier alpha value is -3.03. The summed E-state index contributed by atoms with van der Waals surface area (Å²) in [6, 6.07) is 13.9. The SMILES string of the molecule is O=C(c1ccc(F)cc1)N(/N=C\c1ccco1)c1nc2ccc(Cl)cc2s1. The highest BCUT2D eigenvalue weighted by atomic mass is 35.5. The lowest BCUT2D eigenvalue weighted by Gasteiger charge is -2.13. The van der Waals surface area contributed by atoms with Crippen molar-refractivity contribution in [2.45, 2.75) is 0 Å². The first kappa shape index (κ1) is 17.4. The van der Waals surface area contributed by atoms with Gasteiger partial charge >= 0.3 is 0 Å². The fraction of sp³-hybridized carbons (Fsp3) is 0. The predicted molar refractivity (Wildman–Crippen MR) is 104 cm³/mol. The minimum Gasteiger partial charge on any atom is -0.463 e. The minimum absolute atomic E-state index is 0.283. The van der Waals surface area contributed by atoms with Gasteiger partial charge in [-0.15, -0.1) is 0 Å². The van der Waals surface area contributed by atoms with Crippen LogP contribution in [-0.2, 0) is 0 Å². The largest absolute Gasteiger partial charge is 0.463 e. The summed E-state index contributed by atoms with van der Waals surface area (Å²) < 4.78 is 19.2. The van der Waals surface area contributed by atoms with Crippen LogP contribution in [0.15, 0.2) is 70.4 Å². The fourth-order valence-electron chi connectivity index (χ4n) is 2.36. The molecule has 4 rings (SSSR count). The predicted octanol–water partition coefficient (Wildman–Crippen LogP) is 5.36. The van der Waals surface area contributed by atoms with Crippen molar-refractivity contribution < 1.29 is 13.6 Å². The number of aromatic nitrogens is 1. The molecule has 0 atom stereocenters. The second kappa shape index (κ2) is 7.30. The Morgan fingerprint density at radius 2 is 2.04 bits per heavy atom. The van der Waals surface area contributed by atoms with Gasteiger partial charge in [0.15, 0.2) is 0 Å². The number of furan rings is 1. The standard InChI is InChI=1S/C19H11ClFN3O2S/c20-13-5-8-16-17(10-13)27-19(23-16)24(22-11-15-2-1-9-26-15)18(25)12-3-6-14(21)7-4-12/h1-11H/b22-11-. The fourth-order valence-corrected chi connectivity index (χ4v) is 3.56. The highest BCUT2D eigenvalue weighted by Gasteiger charge is 2.21. The number of fused-ring (bicyclic) bond motifs is 1. The number of anilines is 1. The number of hydrazone groups is 1. The maximum absolute atomic E-state index is 13.2. The molecule has 8 heteroatoms. The van der Waals surface area contributed by atoms with E-state index in [0.29, 0.717) is 21.4 Å². The number of rotatable bonds is 4. The Morgan fingerprint density at radius 1 is 1.22 bits per heavy atom. The number of thiazole rings is 1. The Kier molecular flexibility index (Phi) is 4.70. The molecule has 4 aromatic rings. The molecule has 2 aromatic heterocycles. The van der Waals surface area contributed by atoms with E-state index in [0.717, 1.165) is 9.71 Å². The van der Waals surface area contributed by atoms with Crippen LogP contribution < -0.4 is 5.01 Å². The smallest absolute Gasteiger partial charge is 0.280 e. The van der Waals surface area contributed by atoms with Crippen molar-refractivity contribution in [1.29, 1.82) is 0 Å². The molecule has 27 heavy (non-hydrogen) atoms. The monoisotopic (exact) mass is 399 g/mol. The van der Waals surface area contributed by atoms with Crippen molar-refractivity contribution in [1.82, 2.24) is 4.98 Å². The summed E-state index contributed by atoms with van der Waals surface area (Å²) in [5, 5.41) is 6.34. The number of carbonyl (C=O) groups is 1. The molecule has 0 N–H and O–H groups in total. The van der Waals surface area contributed by atoms with E-state index < -0.39 is 11.7 Å². The number of nitrogens with zero attached hydrogens (tertiary/aromatic N) is 3. The molecule has 0 aliphatic carbocycles. The van der Waals surface area contributed by atoms with Gasteiger partial charge in [-0.25, -0.2) is 9.37 Å². The van der Waals surface area contributed by atoms with E-state index in [1.807, 2.05) is 0 Å². The topological polar surface area (TPSA) is 58.7 Å². The molecule has 0 radical (unpaired) electrons. The average Bonchev–Trinajstić information content (AvgIpc) is 3.31. The maximum Gasteiger partial charge on any atom is 0.280 e. The molecule has 1 amide bonds. The van der Waals surface area contributed by atoms with Crippen LogP contribution >= 0.6 is 22.9 Å². The molecule has 0 saturated carbocycles. The molecule has 0 bridgehead atoms. The van der Waals surface area contributed by atoms with Crippen LogP contribution in [0.3, 0.4) is 0 Å². The van der Waals surface area contributed by atoms with Crippen LogP contribution in [0.2, 0.25) is 5.02 Å². The zero-order valence-corrected chi connectivity index (χ0v) is 15.2. The van der Waals surface area contributed by atoms with Crippen molar-refractivity contribution in [2.24, 2.45) is 5.10 Å². The maximum atomic E-state index is 13.2. The summed E-state index contributed by atoms with van der Waals surface area (Å²) in [5.41, 5.74) is 0.981. The molecule has 5 nitrogen and oxygen atoms in total. The van der Waals surface area contributed by atoms with Crippen molar-refractivity contribution >= 4 is 50.4 Å². The number of hydrogen-bond acceptors (Lipinski definition) is 5. The van der Waals surface area contributed by atoms with E-state index in [1.54, 1.807) is 30.3 Å². The zero-order chi connectivity index (χ0) is 18.8. The number of amides is 1. The van der Waals surface area contributed by atoms with Gasteiger partial charge in [0.1, 0.15) is 11.6 Å². The Balaban J connectivity index is 1.76. The Bertz CT molecular complexity index is 1120. The van der Waals surface area contributed by atoms with Crippen LogP contribution in [0.5, 0.6) is 0 Å². The van der Waals surface area contributed by atoms with Crippen molar-refractivity contribution in [2.75, 3.05) is 5.01 Å². The molecular weight excluding hydrogens is 389 g/mol. The Labute approximate surface area is 162 Å². The van der Waals surface area contributed by atoms with Gasteiger partial charge < -0.3 is 4.42 Å². The quantitative estimate of drug-likeness (QED) is 0.342. The van der Waals surface area contributed by atoms with Crippen LogP contribution in [0.25, 0.3) is 10.2 Å². The van der Waals surface area contributed by atoms with Gasteiger partial charge in [0.25, 0.3) is 5.91 Å². The summed E-state index contributed by atoms with van der Waals surface area (Å²) >= 11 is 7.30. The number of carbonyl (C=O) groups excluding carboxylic acids is 1. The van der Waals surface area contributed by atoms with Gasteiger partial charge in [0.05, 0.1) is 22.7 Å². The second-order valence-electron chi connectivity index (χ2n) is 5.49. The summed E-state index contributed by atoms with van der Waals surface area (Å²) in [6.07, 6.45) is 2.92. The Morgan fingerprint density at radius 3 is 2.78 bits per heavy atom. The van der Waals surface area contributed by atoms with Crippen molar-refractivity contribution in [3.8, 4) is 0 Å². The molecule has 2 heterocycles. The molecule has 0 aliphatic heterocycles. The van der Waals surface area contributed by atoms with Gasteiger partial charge in [0, 0.05) is 10.6 Å². The van der Waals surface area contributed by atoms with Gasteiger partial charge in [-0.3, -0.25) is 4.79 Å². The van der Waals surface area contributed by atoms with E-state index in [1.165, 1.54) is 48.1 Å². The summed E-state index contributed by atoms with van der Waals surface area (Å²) in [4.78, 5) is 17.4. The highest BCUT2D eigenvalue weighted by Crippen LogP contribution is 2.31. The highest BCUT2D eigenvalue weighted by molar-refractivity contribution is 7.22. The van der Waals surface area contributed by atoms with E-state index in [4.69, 9.17) is 16.0 Å². The van der Waals surface area contributed by atoms with E-state index in [9.17, 15) is 9.18 Å². The van der Waals surface area contributed by atoms with E-state index >= 15 is 0 Å². The molecule has 0 saturated heterocycles. The normalized spacial score (nSPS) is 11.3. The molecule has 134 valence electrons. The zero-order valence-electron chi connectivity index (χ0n) is 13.7. The van der Waals surface area contributed by atoms with Crippen LogP contribution in [0.1, 0.15) is 16.1 Å². The first-order chi connectivity index (χ1) is 13.1. The van der Waals surface area contributed by atoms with Crippen LogP contribution in [0.4, 0.5) is 9.52 Å². The van der Waals surface area contributed by atoms with Crippen molar-refractivity contribution in [3.05, 3.63) is 83.0 Å². The lowest BCUT2D eigenvalue weighted by Crippen LogP contribution is -2.25. The summed E-state index contributed by atoms with van der Waals surface area (Å²) in [7, 11) is 0. The second-order valence-corrected chi connectivity index (χ2v) is 6.94. The van der Waals surface area contributed by atoms with Crippen LogP contribution in [0, 0.1) is 5.82 Å². The van der Waals surface area contributed by atoms with Gasteiger partial charge in [-0.1, -0.05) is 22.9 Å². The molecular formula is C19H11ClFN3O2S. The van der Waals surface area contributed by atoms with Gasteiger partial charge in [0.2, 0.25) is 5.13 Å². The lowest BCUT2D eigenvalue weighted by molar-refractivity contribution is 0.0988. The van der Waals surface area contributed by atoms with Crippen molar-refractivity contribution in [3.63, 3.8) is 0 Å². The number of hydrogen-bond donors (Lipinski definition) is 0. The summed E-state index contributed by atoms with van der Waals surface area (Å²) in [5.74, 6) is -0.383. The van der Waals surface area contributed by atoms with E-state index in [2.05, 4.69) is 10.1 Å². The molecule has 0 unspecified atom stereocenters. The van der Waals surface area contributed by atoms with Gasteiger partial charge in [-0.05, 0) is 54.6 Å². The minimum atomic E-state index is -0.442. The molecule has 0 fully saturated rings. The third-order valence-corrected chi connectivity index (χ3v) is 4.88. The van der Waals surface area contributed by atoms with Gasteiger partial charge in [-0.2, -0.15) is 10.1 Å². The van der Waals surface area contributed by atoms with E-state index in [-0.39, 0.29) is 5.56 Å². The first-order valence-electron chi connectivity index (χ1n) is 7.84. The van der Waals surface area contributed by atoms with Crippen LogP contribution in [-0.4, -0.2) is 17.1 Å². The summed E-state index contributed by atoms with van der Waals surface area (Å²) in [6.45, 7) is 0. The third-order valence-electron chi connectivity index (χ3n) is 3.65.